The zero-order valence-electron chi connectivity index (χ0n) is 13.0. The third-order valence-electron chi connectivity index (χ3n) is 3.83. The maximum Gasteiger partial charge on any atom is 0.321 e. The van der Waals surface area contributed by atoms with Crippen molar-refractivity contribution in [2.45, 2.75) is 18.9 Å². The highest BCUT2D eigenvalue weighted by Gasteiger charge is 2.19. The van der Waals surface area contributed by atoms with Gasteiger partial charge in [-0.2, -0.15) is 0 Å². The number of carbonyl (C=O) groups is 2. The van der Waals surface area contributed by atoms with Gasteiger partial charge in [0, 0.05) is 19.6 Å². The summed E-state index contributed by atoms with van der Waals surface area (Å²) in [5.74, 6) is -0.332. The van der Waals surface area contributed by atoms with E-state index in [0.717, 1.165) is 25.2 Å². The highest BCUT2D eigenvalue weighted by atomic mass is 16.2. The number of nitrogens with zero attached hydrogens (tertiary/aromatic N) is 1. The van der Waals surface area contributed by atoms with Crippen molar-refractivity contribution < 1.29 is 9.59 Å². The van der Waals surface area contributed by atoms with Crippen LogP contribution in [0.15, 0.2) is 30.3 Å². The first kappa shape index (κ1) is 16.5. The molecule has 6 heteroatoms. The molecule has 1 aliphatic rings. The lowest BCUT2D eigenvalue weighted by atomic mass is 10.1. The van der Waals surface area contributed by atoms with E-state index < -0.39 is 6.03 Å². The minimum Gasteiger partial charge on any atom is -0.341 e. The number of hydrogen-bond donors (Lipinski definition) is 3. The summed E-state index contributed by atoms with van der Waals surface area (Å²) in [4.78, 5) is 25.3. The SMILES string of the molecule is CNC(=O)NC(=O)CNC(CN1CCCC1)c1ccccc1. The van der Waals surface area contributed by atoms with Crippen LogP contribution in [0.1, 0.15) is 24.4 Å². The van der Waals surface area contributed by atoms with Gasteiger partial charge in [0.25, 0.3) is 0 Å². The largest absolute Gasteiger partial charge is 0.341 e. The molecule has 2 rings (SSSR count). The Kier molecular flexibility index (Phi) is 6.36. The Morgan fingerprint density at radius 1 is 1.18 bits per heavy atom. The number of hydrogen-bond acceptors (Lipinski definition) is 4. The minimum absolute atomic E-state index is 0.0785. The van der Waals surface area contributed by atoms with Crippen molar-refractivity contribution in [1.29, 1.82) is 0 Å². The normalized spacial score (nSPS) is 16.2. The van der Waals surface area contributed by atoms with Crippen LogP contribution in [0.3, 0.4) is 0 Å². The second-order valence-electron chi connectivity index (χ2n) is 5.48. The molecule has 1 saturated heterocycles. The van der Waals surface area contributed by atoms with Crippen LogP contribution in [-0.4, -0.2) is 50.1 Å². The van der Waals surface area contributed by atoms with Gasteiger partial charge in [-0.25, -0.2) is 4.79 Å². The average Bonchev–Trinajstić information content (AvgIpc) is 3.05. The van der Waals surface area contributed by atoms with E-state index in [1.807, 2.05) is 18.2 Å². The van der Waals surface area contributed by atoms with E-state index in [1.165, 1.54) is 19.9 Å². The molecule has 0 saturated carbocycles. The van der Waals surface area contributed by atoms with Crippen molar-refractivity contribution in [3.05, 3.63) is 35.9 Å². The van der Waals surface area contributed by atoms with Crippen LogP contribution >= 0.6 is 0 Å². The zero-order chi connectivity index (χ0) is 15.8. The Balaban J connectivity index is 1.92. The molecule has 1 aromatic carbocycles. The predicted molar refractivity (Wildman–Crippen MR) is 85.5 cm³/mol. The summed E-state index contributed by atoms with van der Waals surface area (Å²) in [6.07, 6.45) is 2.47. The van der Waals surface area contributed by atoms with E-state index in [2.05, 4.69) is 33.0 Å². The monoisotopic (exact) mass is 304 g/mol. The molecule has 3 amide bonds. The summed E-state index contributed by atoms with van der Waals surface area (Å²) < 4.78 is 0. The molecule has 6 nitrogen and oxygen atoms in total. The molecule has 0 bridgehead atoms. The number of rotatable bonds is 6. The molecule has 1 fully saturated rings. The van der Waals surface area contributed by atoms with Gasteiger partial charge in [0.15, 0.2) is 0 Å². The molecule has 0 radical (unpaired) electrons. The fraction of sp³-hybridized carbons (Fsp3) is 0.500. The van der Waals surface area contributed by atoms with E-state index in [1.54, 1.807) is 0 Å². The average molecular weight is 304 g/mol. The Hall–Kier alpha value is -1.92. The van der Waals surface area contributed by atoms with Gasteiger partial charge in [-0.3, -0.25) is 10.1 Å². The standard InChI is InChI=1S/C16H24N4O2/c1-17-16(22)19-15(21)11-18-14(12-20-9-5-6-10-20)13-7-3-2-4-8-13/h2-4,7-8,14,18H,5-6,9-12H2,1H3,(H2,17,19,21,22). The first-order valence-corrected chi connectivity index (χ1v) is 7.71. The van der Waals surface area contributed by atoms with Crippen molar-refractivity contribution in [2.24, 2.45) is 0 Å². The van der Waals surface area contributed by atoms with Gasteiger partial charge in [0.2, 0.25) is 5.91 Å². The number of amides is 3. The first-order valence-electron chi connectivity index (χ1n) is 7.71. The lowest BCUT2D eigenvalue weighted by Gasteiger charge is -2.24. The molecule has 0 aliphatic carbocycles. The molecule has 1 unspecified atom stereocenters. The van der Waals surface area contributed by atoms with E-state index in [4.69, 9.17) is 0 Å². The van der Waals surface area contributed by atoms with Crippen LogP contribution in [0, 0.1) is 0 Å². The Morgan fingerprint density at radius 3 is 2.50 bits per heavy atom. The maximum absolute atomic E-state index is 11.7. The number of carbonyl (C=O) groups excluding carboxylic acids is 2. The van der Waals surface area contributed by atoms with E-state index >= 15 is 0 Å². The van der Waals surface area contributed by atoms with Gasteiger partial charge >= 0.3 is 6.03 Å². The Morgan fingerprint density at radius 2 is 1.86 bits per heavy atom. The zero-order valence-corrected chi connectivity index (χ0v) is 13.0. The molecule has 22 heavy (non-hydrogen) atoms. The summed E-state index contributed by atoms with van der Waals surface area (Å²) in [6.45, 7) is 3.20. The van der Waals surface area contributed by atoms with Gasteiger partial charge in [-0.1, -0.05) is 30.3 Å². The van der Waals surface area contributed by atoms with Crippen LogP contribution in [0.4, 0.5) is 4.79 Å². The fourth-order valence-corrected chi connectivity index (χ4v) is 2.65. The second kappa shape index (κ2) is 8.51. The molecule has 1 atom stereocenters. The number of urea groups is 1. The van der Waals surface area contributed by atoms with Crippen LogP contribution in [0.2, 0.25) is 0 Å². The highest BCUT2D eigenvalue weighted by molar-refractivity contribution is 5.95. The van der Waals surface area contributed by atoms with Crippen molar-refractivity contribution in [3.63, 3.8) is 0 Å². The molecule has 1 heterocycles. The third kappa shape index (κ3) is 5.13. The fourth-order valence-electron chi connectivity index (χ4n) is 2.65. The second-order valence-corrected chi connectivity index (χ2v) is 5.48. The van der Waals surface area contributed by atoms with Crippen molar-refractivity contribution in [3.8, 4) is 0 Å². The third-order valence-corrected chi connectivity index (χ3v) is 3.83. The van der Waals surface area contributed by atoms with Crippen LogP contribution in [0.5, 0.6) is 0 Å². The first-order chi connectivity index (χ1) is 10.7. The maximum atomic E-state index is 11.7. The summed E-state index contributed by atoms with van der Waals surface area (Å²) >= 11 is 0. The minimum atomic E-state index is -0.484. The van der Waals surface area contributed by atoms with Gasteiger partial charge in [0.1, 0.15) is 0 Å². The topological polar surface area (TPSA) is 73.5 Å². The smallest absolute Gasteiger partial charge is 0.321 e. The van der Waals surface area contributed by atoms with Crippen LogP contribution in [0.25, 0.3) is 0 Å². The van der Waals surface area contributed by atoms with Crippen LogP contribution < -0.4 is 16.0 Å². The van der Waals surface area contributed by atoms with E-state index in [0.29, 0.717) is 0 Å². The Bertz CT molecular complexity index is 486. The molecular formula is C16H24N4O2. The van der Waals surface area contributed by atoms with Gasteiger partial charge in [-0.15, -0.1) is 0 Å². The van der Waals surface area contributed by atoms with Gasteiger partial charge < -0.3 is 15.5 Å². The van der Waals surface area contributed by atoms with Crippen LogP contribution in [-0.2, 0) is 4.79 Å². The molecule has 120 valence electrons. The number of benzene rings is 1. The van der Waals surface area contributed by atoms with Crippen molar-refractivity contribution in [2.75, 3.05) is 33.2 Å². The Labute approximate surface area is 131 Å². The molecule has 3 N–H and O–H groups in total. The van der Waals surface area contributed by atoms with Gasteiger partial charge in [0.05, 0.1) is 6.54 Å². The van der Waals surface area contributed by atoms with Crippen molar-refractivity contribution in [1.82, 2.24) is 20.9 Å². The van der Waals surface area contributed by atoms with E-state index in [-0.39, 0.29) is 18.5 Å². The van der Waals surface area contributed by atoms with Gasteiger partial charge in [-0.05, 0) is 31.5 Å². The molecular weight excluding hydrogens is 280 g/mol. The molecule has 1 aromatic rings. The number of imide groups is 1. The summed E-state index contributed by atoms with van der Waals surface area (Å²) in [5, 5.41) is 7.89. The summed E-state index contributed by atoms with van der Waals surface area (Å²) in [7, 11) is 1.48. The number of likely N-dealkylation sites (tertiary alicyclic amines) is 1. The summed E-state index contributed by atoms with van der Waals surface area (Å²) in [6, 6.07) is 9.69. The summed E-state index contributed by atoms with van der Waals surface area (Å²) in [5.41, 5.74) is 1.15. The number of nitrogens with one attached hydrogen (secondary N) is 3. The quantitative estimate of drug-likeness (QED) is 0.729. The molecule has 1 aliphatic heterocycles. The highest BCUT2D eigenvalue weighted by Crippen LogP contribution is 2.17. The van der Waals surface area contributed by atoms with E-state index in [9.17, 15) is 9.59 Å². The molecule has 0 spiro atoms. The lowest BCUT2D eigenvalue weighted by molar-refractivity contribution is -0.119. The van der Waals surface area contributed by atoms with Crippen molar-refractivity contribution >= 4 is 11.9 Å². The predicted octanol–water partition coefficient (Wildman–Crippen LogP) is 0.869. The lowest BCUT2D eigenvalue weighted by Crippen LogP contribution is -2.44. The molecule has 0 aromatic heterocycles.